The molecule has 0 radical (unpaired) electrons. The number of hydrogen-bond donors (Lipinski definition) is 1. The van der Waals surface area contributed by atoms with Crippen molar-refractivity contribution in [2.45, 2.75) is 197 Å². The number of esters is 11. The molecule has 0 heterocycles. The van der Waals surface area contributed by atoms with Crippen molar-refractivity contribution in [3.05, 3.63) is 0 Å². The van der Waals surface area contributed by atoms with Gasteiger partial charge in [0.05, 0.1) is 37.0 Å². The van der Waals surface area contributed by atoms with E-state index in [1.54, 1.807) is 67.3 Å². The van der Waals surface area contributed by atoms with E-state index in [4.69, 9.17) is 18.9 Å². The molecule has 95 heavy (non-hydrogen) atoms. The number of ether oxygens (including phenoxy) is 11. The van der Waals surface area contributed by atoms with E-state index < -0.39 is 35.3 Å². The first-order chi connectivity index (χ1) is 43.5. The molecule has 0 rings (SSSR count). The van der Waals surface area contributed by atoms with Gasteiger partial charge in [-0.2, -0.15) is 0 Å². The van der Waals surface area contributed by atoms with Crippen LogP contribution < -0.4 is 0 Å². The van der Waals surface area contributed by atoms with Gasteiger partial charge in [0.25, 0.3) is 0 Å². The highest BCUT2D eigenvalue weighted by atomic mass is 16.6. The molecule has 0 aliphatic carbocycles. The predicted octanol–water partition coefficient (Wildman–Crippen LogP) is 6.01. The molecule has 3 atom stereocenters. The van der Waals surface area contributed by atoms with Crippen molar-refractivity contribution in [1.29, 1.82) is 0 Å². The first-order valence-corrected chi connectivity index (χ1v) is 30.5. The number of nitrogens with zero attached hydrogens (tertiary/aromatic N) is 1. The van der Waals surface area contributed by atoms with Gasteiger partial charge in [-0.1, -0.05) is 48.5 Å². The van der Waals surface area contributed by atoms with Crippen LogP contribution in [0, 0.1) is 35.0 Å². The molecule has 1 amide bonds. The Kier molecular flexibility index (Phi) is 70.1. The van der Waals surface area contributed by atoms with E-state index in [2.05, 4.69) is 33.2 Å². The van der Waals surface area contributed by atoms with Crippen molar-refractivity contribution < 1.29 is 139 Å². The van der Waals surface area contributed by atoms with E-state index in [1.165, 1.54) is 90.0 Å². The Morgan fingerprint density at radius 3 is 1.03 bits per heavy atom. The Balaban J connectivity index is -0.000000152. The van der Waals surface area contributed by atoms with Crippen LogP contribution in [-0.4, -0.2) is 203 Å². The fourth-order valence-electron chi connectivity index (χ4n) is 4.57. The minimum absolute atomic E-state index is 0.0117. The number of carbonyl (C=O) groups excluding carboxylic acids is 17. The third-order valence-electron chi connectivity index (χ3n) is 10.7. The Bertz CT molecular complexity index is 2270. The average Bonchev–Trinajstić information content (AvgIpc) is 1.65. The molecule has 30 heteroatoms. The zero-order valence-electron chi connectivity index (χ0n) is 60.8. The predicted molar refractivity (Wildman–Crippen MR) is 343 cm³/mol. The van der Waals surface area contributed by atoms with Crippen LogP contribution in [0.4, 0.5) is 0 Å². The molecule has 552 valence electrons. The number of unbranched alkanes of at least 4 members (excludes halogenated alkanes) is 1. The van der Waals surface area contributed by atoms with Crippen LogP contribution in [0.5, 0.6) is 0 Å². The second-order valence-electron chi connectivity index (χ2n) is 22.2. The van der Waals surface area contributed by atoms with E-state index in [9.17, 15) is 86.6 Å². The normalized spacial score (nSPS) is 10.7. The van der Waals surface area contributed by atoms with E-state index >= 15 is 0 Å². The molecule has 0 saturated heterocycles. The molecule has 3 unspecified atom stereocenters. The largest absolute Gasteiger partial charge is 0.466 e. The Labute approximate surface area is 561 Å². The summed E-state index contributed by atoms with van der Waals surface area (Å²) in [5, 5.41) is 9.17. The Morgan fingerprint density at radius 1 is 0.358 bits per heavy atom. The van der Waals surface area contributed by atoms with Gasteiger partial charge in [0.1, 0.15) is 100 Å². The number of ketones is 5. The maximum absolute atomic E-state index is 11.3. The lowest BCUT2D eigenvalue weighted by molar-refractivity contribution is -0.156. The van der Waals surface area contributed by atoms with Crippen molar-refractivity contribution in [3.63, 3.8) is 0 Å². The topological polar surface area (TPSA) is 415 Å². The van der Waals surface area contributed by atoms with E-state index in [0.717, 1.165) is 12.8 Å². The molecule has 0 aromatic rings. The first kappa shape index (κ1) is 103. The van der Waals surface area contributed by atoms with Crippen LogP contribution in [0.25, 0.3) is 0 Å². The van der Waals surface area contributed by atoms with Crippen molar-refractivity contribution in [1.82, 2.24) is 4.90 Å². The van der Waals surface area contributed by atoms with Crippen LogP contribution in [0.15, 0.2) is 0 Å². The van der Waals surface area contributed by atoms with Crippen LogP contribution in [0.3, 0.4) is 0 Å². The zero-order valence-corrected chi connectivity index (χ0v) is 60.8. The first-order valence-electron chi connectivity index (χ1n) is 30.5. The van der Waals surface area contributed by atoms with E-state index in [0.29, 0.717) is 39.0 Å². The fourth-order valence-corrected chi connectivity index (χ4v) is 4.57. The van der Waals surface area contributed by atoms with Crippen LogP contribution >= 0.6 is 0 Å². The lowest BCUT2D eigenvalue weighted by Gasteiger charge is -2.19. The van der Waals surface area contributed by atoms with Gasteiger partial charge in [0, 0.05) is 87.1 Å². The number of amides is 1. The van der Waals surface area contributed by atoms with E-state index in [-0.39, 0.29) is 166 Å². The smallest absolute Gasteiger partial charge is 0.316 e. The number of rotatable bonds is 33. The monoisotopic (exact) mass is 1370 g/mol. The molecule has 0 aromatic carbocycles. The maximum atomic E-state index is 11.3. The number of carbonyl (C=O) groups is 17. The minimum Gasteiger partial charge on any atom is -0.466 e. The third-order valence-corrected chi connectivity index (χ3v) is 10.7. The van der Waals surface area contributed by atoms with Crippen molar-refractivity contribution >= 4 is 100 Å². The maximum Gasteiger partial charge on any atom is 0.316 e. The summed E-state index contributed by atoms with van der Waals surface area (Å²) in [6.45, 7) is 37.0. The fraction of sp³-hybridized carbons (Fsp3) is 0.738. The van der Waals surface area contributed by atoms with Crippen LogP contribution in [0.2, 0.25) is 0 Å². The summed E-state index contributed by atoms with van der Waals surface area (Å²) in [5.41, 5.74) is -0.550. The summed E-state index contributed by atoms with van der Waals surface area (Å²) >= 11 is 0. The third kappa shape index (κ3) is 90.2. The molecular weight excluding hydrogens is 1260 g/mol. The second-order valence-corrected chi connectivity index (χ2v) is 22.2. The number of aliphatic hydroxyl groups is 1. The summed E-state index contributed by atoms with van der Waals surface area (Å²) in [6, 6.07) is 0. The van der Waals surface area contributed by atoms with Gasteiger partial charge in [-0.15, -0.1) is 0 Å². The Hall–Kier alpha value is -8.05. The number of hydrogen-bond acceptors (Lipinski definition) is 29. The van der Waals surface area contributed by atoms with Crippen LogP contribution in [0.1, 0.15) is 191 Å². The van der Waals surface area contributed by atoms with Gasteiger partial charge in [-0.3, -0.25) is 71.9 Å². The van der Waals surface area contributed by atoms with Crippen molar-refractivity contribution in [2.24, 2.45) is 35.0 Å². The Morgan fingerprint density at radius 2 is 0.684 bits per heavy atom. The molecule has 0 aliphatic rings. The summed E-state index contributed by atoms with van der Waals surface area (Å²) in [4.78, 5) is 181. The van der Waals surface area contributed by atoms with Gasteiger partial charge in [-0.05, 0) is 74.7 Å². The van der Waals surface area contributed by atoms with Gasteiger partial charge >= 0.3 is 65.7 Å². The molecule has 0 aliphatic heterocycles. The summed E-state index contributed by atoms with van der Waals surface area (Å²) in [6.07, 6.45) is 2.34. The second kappa shape index (κ2) is 64.6. The van der Waals surface area contributed by atoms with Crippen LogP contribution in [-0.2, 0) is 134 Å². The molecule has 0 aromatic heterocycles. The number of aliphatic hydroxyl groups excluding tert-OH is 1. The number of likely N-dealkylation sites (N-methyl/N-ethyl adjacent to an activating group) is 1. The quantitative estimate of drug-likeness (QED) is 0.0340. The SMILES string of the molecule is CC(=O)CCCCOC(C)=O.CC(=O)CCCOC(C)=O.CC(=O)OCC(C)(C)C(C)=O.CC(=O)OCC(C)C(C)=O.CC(=O)OCC(O)COC(=O)C(C)C.CC(=O)OCCN(C)C(=O)C(C)C.CC(=O)OCCOC(=O)C(C)C.CC(=O)OCCOC(=O)C(C)C(C)=O. The molecule has 0 bridgehead atoms. The standard InChI is InChI=1S/C9H17NO3.C9H16O5.C9H14O5.C8H14O4.2C8H14O3.2C7H12O3/c1-7(2)9(12)10(4)5-6-13-8(3)11;1-6(2)9(12)14-5-8(11)4-13-7(3)10;1-6(7(2)10)9(12)14-5-4-13-8(3)11;1-6(2)8(10)12-5-4-11-7(3)9;1-6(9)8(3,4)5-11-7(2)10;1-7(9)5-3-4-6-11-8(2)10;1-5(6(2)8)4-10-7(3)9;1-6(8)4-3-5-10-7(2)9/h7H,5-6H2,1-4H3;6,8,11H,4-5H2,1-3H3;6H,4-5H2,1-3H3;6H,4-5H2,1-3H3;5H2,1-4H3;3-6H2,1-2H3;5H,4H2,1-3H3;3-5H2,1-2H3. The molecule has 0 spiro atoms. The lowest BCUT2D eigenvalue weighted by atomic mass is 9.90. The molecule has 0 saturated carbocycles. The van der Waals surface area contributed by atoms with E-state index in [1.807, 2.05) is 13.8 Å². The number of Topliss-reactive ketones (excluding diaryl/α,β-unsaturated/α-hetero) is 5. The van der Waals surface area contributed by atoms with Crippen molar-refractivity contribution in [3.8, 4) is 0 Å². The van der Waals surface area contributed by atoms with Crippen molar-refractivity contribution in [2.75, 3.05) is 86.3 Å². The summed E-state index contributed by atoms with van der Waals surface area (Å²) < 4.78 is 51.0. The average molecular weight is 1370 g/mol. The highest BCUT2D eigenvalue weighted by Gasteiger charge is 2.25. The molecule has 0 fully saturated rings. The minimum atomic E-state index is -0.957. The van der Waals surface area contributed by atoms with Gasteiger partial charge < -0.3 is 71.7 Å². The van der Waals surface area contributed by atoms with Gasteiger partial charge in [0.15, 0.2) is 0 Å². The summed E-state index contributed by atoms with van der Waals surface area (Å²) in [5.74, 6) is -5.17. The summed E-state index contributed by atoms with van der Waals surface area (Å²) in [7, 11) is 1.70. The highest BCUT2D eigenvalue weighted by Crippen LogP contribution is 2.16. The van der Waals surface area contributed by atoms with Gasteiger partial charge in [-0.25, -0.2) is 0 Å². The highest BCUT2D eigenvalue weighted by molar-refractivity contribution is 5.97. The molecule has 30 nitrogen and oxygen atoms in total. The lowest BCUT2D eigenvalue weighted by Crippen LogP contribution is -2.33. The molecule has 1 N–H and O–H groups in total. The zero-order chi connectivity index (χ0) is 76.2. The van der Waals surface area contributed by atoms with Gasteiger partial charge in [0.2, 0.25) is 5.91 Å². The molecular formula is C65H113NO29.